The number of rotatable bonds is 4. The molecule has 1 unspecified atom stereocenters. The van der Waals surface area contributed by atoms with E-state index in [0.717, 1.165) is 50.7 Å². The lowest BCUT2D eigenvalue weighted by atomic mass is 9.99. The van der Waals surface area contributed by atoms with Crippen molar-refractivity contribution >= 4 is 21.8 Å². The van der Waals surface area contributed by atoms with Gasteiger partial charge in [-0.15, -0.1) is 0 Å². The lowest BCUT2D eigenvalue weighted by Crippen LogP contribution is -2.52. The molecule has 3 saturated heterocycles. The molecule has 9 heteroatoms. The number of likely N-dealkylation sites (tertiary alicyclic amines) is 2. The van der Waals surface area contributed by atoms with Crippen molar-refractivity contribution in [1.29, 1.82) is 0 Å². The van der Waals surface area contributed by atoms with Crippen molar-refractivity contribution in [2.45, 2.75) is 55.9 Å². The van der Waals surface area contributed by atoms with E-state index in [-0.39, 0.29) is 11.5 Å². The van der Waals surface area contributed by atoms with Crippen LogP contribution in [0.4, 0.5) is 4.39 Å². The van der Waals surface area contributed by atoms with Crippen LogP contribution in [-0.2, 0) is 14.8 Å². The number of sulfonamides is 1. The highest BCUT2D eigenvalue weighted by atomic mass is 32.2. The molecule has 1 aromatic rings. The summed E-state index contributed by atoms with van der Waals surface area (Å²) in [5, 5.41) is 0. The quantitative estimate of drug-likeness (QED) is 0.724. The molecule has 0 spiro atoms. The van der Waals surface area contributed by atoms with Gasteiger partial charge >= 0.3 is 0 Å². The van der Waals surface area contributed by atoms with Crippen LogP contribution in [0.25, 0.3) is 0 Å². The zero-order chi connectivity index (χ0) is 21.3. The molecule has 0 bridgehead atoms. The number of hydrogen-bond donors (Lipinski definition) is 0. The molecule has 0 saturated carbocycles. The van der Waals surface area contributed by atoms with Crippen LogP contribution in [0.2, 0.25) is 0 Å². The molecule has 3 heterocycles. The van der Waals surface area contributed by atoms with Crippen molar-refractivity contribution in [2.24, 2.45) is 0 Å². The molecule has 3 aliphatic rings. The Balaban J connectivity index is 1.61. The molecule has 30 heavy (non-hydrogen) atoms. The van der Waals surface area contributed by atoms with Crippen molar-refractivity contribution in [3.8, 4) is 0 Å². The van der Waals surface area contributed by atoms with Gasteiger partial charge in [-0.25, -0.2) is 12.8 Å². The van der Waals surface area contributed by atoms with Crippen LogP contribution in [0.5, 0.6) is 0 Å². The molecule has 2 amide bonds. The van der Waals surface area contributed by atoms with E-state index in [0.29, 0.717) is 39.1 Å². The Morgan fingerprint density at radius 2 is 1.53 bits per heavy atom. The number of halogens is 1. The Morgan fingerprint density at radius 3 is 2.23 bits per heavy atom. The molecular weight excluding hydrogens is 409 g/mol. The van der Waals surface area contributed by atoms with E-state index in [1.54, 1.807) is 4.90 Å². The van der Waals surface area contributed by atoms with Gasteiger partial charge in [-0.05, 0) is 63.1 Å². The summed E-state index contributed by atoms with van der Waals surface area (Å²) in [5.41, 5.74) is 0.107. The molecule has 0 radical (unpaired) electrons. The molecule has 0 N–H and O–H groups in total. The number of piperidine rings is 1. The summed E-state index contributed by atoms with van der Waals surface area (Å²) >= 11 is 0. The van der Waals surface area contributed by atoms with Crippen LogP contribution >= 0.6 is 0 Å². The second kappa shape index (κ2) is 8.63. The normalized spacial score (nSPS) is 23.2. The number of nitrogens with zero attached hydrogens (tertiary/aromatic N) is 3. The average Bonchev–Trinajstić information content (AvgIpc) is 3.47. The molecule has 1 atom stereocenters. The predicted octanol–water partition coefficient (Wildman–Crippen LogP) is 2.23. The fraction of sp³-hybridized carbons (Fsp3) is 0.619. The van der Waals surface area contributed by atoms with Crippen molar-refractivity contribution < 1.29 is 22.4 Å². The third-order valence-corrected chi connectivity index (χ3v) is 8.24. The van der Waals surface area contributed by atoms with Gasteiger partial charge < -0.3 is 9.80 Å². The van der Waals surface area contributed by atoms with Gasteiger partial charge in [0.2, 0.25) is 15.9 Å². The van der Waals surface area contributed by atoms with E-state index >= 15 is 0 Å². The van der Waals surface area contributed by atoms with Crippen molar-refractivity contribution in [1.82, 2.24) is 14.1 Å². The minimum Gasteiger partial charge on any atom is -0.341 e. The van der Waals surface area contributed by atoms with E-state index in [1.807, 2.05) is 4.90 Å². The number of carbonyl (C=O) groups excluding carboxylic acids is 2. The topological polar surface area (TPSA) is 78.0 Å². The van der Waals surface area contributed by atoms with Crippen LogP contribution in [0.15, 0.2) is 23.1 Å². The van der Waals surface area contributed by atoms with Crippen LogP contribution in [0.3, 0.4) is 0 Å². The summed E-state index contributed by atoms with van der Waals surface area (Å²) in [4.78, 5) is 29.1. The fourth-order valence-electron chi connectivity index (χ4n) is 4.65. The molecule has 7 nitrogen and oxygen atoms in total. The van der Waals surface area contributed by atoms with Gasteiger partial charge in [0, 0.05) is 38.3 Å². The third kappa shape index (κ3) is 3.97. The summed E-state index contributed by atoms with van der Waals surface area (Å²) in [6.45, 7) is 2.59. The number of benzene rings is 1. The van der Waals surface area contributed by atoms with Crippen molar-refractivity contribution in [3.63, 3.8) is 0 Å². The summed E-state index contributed by atoms with van der Waals surface area (Å²) in [6.07, 6.45) is 5.69. The van der Waals surface area contributed by atoms with Gasteiger partial charge in [-0.3, -0.25) is 9.59 Å². The molecule has 3 aliphatic heterocycles. The van der Waals surface area contributed by atoms with E-state index < -0.39 is 32.7 Å². The fourth-order valence-corrected chi connectivity index (χ4v) is 6.25. The molecule has 0 aromatic heterocycles. The van der Waals surface area contributed by atoms with Gasteiger partial charge in [0.15, 0.2) is 0 Å². The maximum Gasteiger partial charge on any atom is 0.254 e. The average molecular weight is 438 g/mol. The van der Waals surface area contributed by atoms with Crippen molar-refractivity contribution in [3.05, 3.63) is 29.6 Å². The monoisotopic (exact) mass is 437 g/mol. The second-order valence-corrected chi connectivity index (χ2v) is 10.2. The lowest BCUT2D eigenvalue weighted by Gasteiger charge is -2.37. The SMILES string of the molecule is O=C(C1CCCCN1C(=O)c1ccc(F)c(S(=O)(=O)N2CCCC2)c1)N1CCCC1. The largest absolute Gasteiger partial charge is 0.341 e. The first-order valence-electron chi connectivity index (χ1n) is 10.8. The van der Waals surface area contributed by atoms with E-state index in [4.69, 9.17) is 0 Å². The Labute approximate surface area is 176 Å². The van der Waals surface area contributed by atoms with Gasteiger partial charge in [0.25, 0.3) is 5.91 Å². The van der Waals surface area contributed by atoms with Gasteiger partial charge in [0.05, 0.1) is 0 Å². The van der Waals surface area contributed by atoms with Crippen molar-refractivity contribution in [2.75, 3.05) is 32.7 Å². The van der Waals surface area contributed by atoms with Crippen LogP contribution in [0.1, 0.15) is 55.3 Å². The minimum atomic E-state index is -3.99. The van der Waals surface area contributed by atoms with Crippen LogP contribution in [0, 0.1) is 5.82 Å². The zero-order valence-electron chi connectivity index (χ0n) is 17.1. The highest BCUT2D eigenvalue weighted by Gasteiger charge is 2.37. The maximum atomic E-state index is 14.4. The molecule has 0 aliphatic carbocycles. The molecule has 4 rings (SSSR count). The smallest absolute Gasteiger partial charge is 0.254 e. The summed E-state index contributed by atoms with van der Waals surface area (Å²) < 4.78 is 41.4. The standard InChI is InChI=1S/C21H28FN3O4S/c22-17-9-8-16(15-19(17)30(28,29)24-12-5-6-13-24)20(26)25-14-2-1-7-18(25)21(27)23-10-3-4-11-23/h8-9,15,18H,1-7,10-14H2. The molecule has 1 aromatic carbocycles. The Bertz CT molecular complexity index is 924. The first-order valence-corrected chi connectivity index (χ1v) is 12.2. The van der Waals surface area contributed by atoms with E-state index in [9.17, 15) is 22.4 Å². The molecule has 3 fully saturated rings. The van der Waals surface area contributed by atoms with E-state index in [1.165, 1.54) is 10.4 Å². The Hall–Kier alpha value is -2.00. The first kappa shape index (κ1) is 21.2. The first-order chi connectivity index (χ1) is 14.4. The minimum absolute atomic E-state index is 0.0347. The number of hydrogen-bond acceptors (Lipinski definition) is 4. The highest BCUT2D eigenvalue weighted by molar-refractivity contribution is 7.89. The molecule has 164 valence electrons. The van der Waals surface area contributed by atoms with E-state index in [2.05, 4.69) is 0 Å². The summed E-state index contributed by atoms with van der Waals surface area (Å²) in [7, 11) is -3.99. The molecular formula is C21H28FN3O4S. The van der Waals surface area contributed by atoms with Crippen LogP contribution < -0.4 is 0 Å². The maximum absolute atomic E-state index is 14.4. The second-order valence-electron chi connectivity index (χ2n) is 8.30. The van der Waals surface area contributed by atoms with Crippen LogP contribution in [-0.4, -0.2) is 73.1 Å². The summed E-state index contributed by atoms with van der Waals surface area (Å²) in [6, 6.07) is 2.95. The Kier molecular flexibility index (Phi) is 6.11. The predicted molar refractivity (Wildman–Crippen MR) is 109 cm³/mol. The van der Waals surface area contributed by atoms with Gasteiger partial charge in [-0.2, -0.15) is 4.31 Å². The highest BCUT2D eigenvalue weighted by Crippen LogP contribution is 2.27. The number of carbonyl (C=O) groups is 2. The lowest BCUT2D eigenvalue weighted by molar-refractivity contribution is -0.136. The van der Waals surface area contributed by atoms with Gasteiger partial charge in [0.1, 0.15) is 16.8 Å². The summed E-state index contributed by atoms with van der Waals surface area (Å²) in [5.74, 6) is -1.31. The third-order valence-electron chi connectivity index (χ3n) is 6.33. The van der Waals surface area contributed by atoms with Gasteiger partial charge in [-0.1, -0.05) is 0 Å². The zero-order valence-corrected chi connectivity index (χ0v) is 17.9. The number of amides is 2. The Morgan fingerprint density at radius 1 is 0.900 bits per heavy atom.